The van der Waals surface area contributed by atoms with E-state index in [4.69, 9.17) is 10.7 Å². The monoisotopic (exact) mass is 358 g/mol. The van der Waals surface area contributed by atoms with Crippen LogP contribution in [-0.4, -0.2) is 29.5 Å². The van der Waals surface area contributed by atoms with Crippen LogP contribution in [-0.2, 0) is 4.79 Å². The maximum Gasteiger partial charge on any atom is 0.229 e. The Kier molecular flexibility index (Phi) is 4.41. The van der Waals surface area contributed by atoms with Gasteiger partial charge in [-0.1, -0.05) is 24.2 Å². The van der Waals surface area contributed by atoms with E-state index in [-0.39, 0.29) is 11.8 Å². The fraction of sp³-hybridized carbons (Fsp3) is 0.579. The highest BCUT2D eigenvalue weighted by Crippen LogP contribution is 2.34. The molecule has 2 aromatic rings. The van der Waals surface area contributed by atoms with E-state index < -0.39 is 5.54 Å². The molecule has 2 heterocycles. The molecule has 0 spiro atoms. The lowest BCUT2D eigenvalue weighted by Gasteiger charge is -2.37. The van der Waals surface area contributed by atoms with Crippen molar-refractivity contribution in [2.45, 2.75) is 51.0 Å². The van der Waals surface area contributed by atoms with Crippen molar-refractivity contribution in [2.75, 3.05) is 23.3 Å². The molecule has 1 saturated carbocycles. The smallest absolute Gasteiger partial charge is 0.229 e. The number of anilines is 2. The number of nitrogens with zero attached hydrogens (tertiary/aromatic N) is 2. The molecule has 5 nitrogen and oxygen atoms in total. The van der Waals surface area contributed by atoms with Gasteiger partial charge in [-0.15, -0.1) is 0 Å². The topological polar surface area (TPSA) is 71.2 Å². The highest BCUT2D eigenvalue weighted by atomic mass is 32.1. The van der Waals surface area contributed by atoms with Crippen LogP contribution in [0.3, 0.4) is 0 Å². The minimum Gasteiger partial charge on any atom is -0.348 e. The molecule has 25 heavy (non-hydrogen) atoms. The first-order valence-corrected chi connectivity index (χ1v) is 10.1. The molecule has 3 N–H and O–H groups in total. The van der Waals surface area contributed by atoms with Crippen LogP contribution in [0, 0.1) is 5.92 Å². The van der Waals surface area contributed by atoms with Crippen LogP contribution in [0.2, 0.25) is 0 Å². The number of hydrogen-bond acceptors (Lipinski definition) is 5. The molecule has 1 saturated heterocycles. The number of fused-ring (bicyclic) bond motifs is 1. The van der Waals surface area contributed by atoms with Crippen molar-refractivity contribution in [1.82, 2.24) is 4.98 Å². The summed E-state index contributed by atoms with van der Waals surface area (Å²) in [4.78, 5) is 19.8. The van der Waals surface area contributed by atoms with E-state index in [1.807, 2.05) is 25.1 Å². The Hall–Kier alpha value is -1.66. The lowest BCUT2D eigenvalue weighted by molar-refractivity contribution is -0.122. The van der Waals surface area contributed by atoms with E-state index in [1.165, 1.54) is 12.8 Å². The molecule has 0 bridgehead atoms. The average molecular weight is 359 g/mol. The maximum atomic E-state index is 12.7. The summed E-state index contributed by atoms with van der Waals surface area (Å²) in [7, 11) is 0. The summed E-state index contributed by atoms with van der Waals surface area (Å²) in [5.41, 5.74) is 7.81. The van der Waals surface area contributed by atoms with Crippen molar-refractivity contribution >= 4 is 38.3 Å². The van der Waals surface area contributed by atoms with Gasteiger partial charge in [-0.05, 0) is 50.8 Å². The predicted octanol–water partition coefficient (Wildman–Crippen LogP) is 3.74. The second kappa shape index (κ2) is 6.57. The summed E-state index contributed by atoms with van der Waals surface area (Å²) in [5, 5.41) is 4.18. The van der Waals surface area contributed by atoms with E-state index in [1.54, 1.807) is 11.3 Å². The van der Waals surface area contributed by atoms with Crippen molar-refractivity contribution in [3.8, 4) is 0 Å². The van der Waals surface area contributed by atoms with Gasteiger partial charge in [0, 0.05) is 24.3 Å². The first-order chi connectivity index (χ1) is 12.0. The Balaban J connectivity index is 1.52. The minimum absolute atomic E-state index is 0.0494. The molecule has 1 aliphatic heterocycles. The summed E-state index contributed by atoms with van der Waals surface area (Å²) in [6.45, 7) is 4.20. The molecule has 1 aliphatic carbocycles. The number of nitrogens with two attached hydrogens (primary N) is 1. The summed E-state index contributed by atoms with van der Waals surface area (Å²) in [5.74, 6) is -0.0631. The Bertz CT molecular complexity index is 779. The van der Waals surface area contributed by atoms with Gasteiger partial charge in [0.2, 0.25) is 5.91 Å². The number of aromatic nitrogens is 1. The van der Waals surface area contributed by atoms with Gasteiger partial charge in [0.25, 0.3) is 0 Å². The fourth-order valence-electron chi connectivity index (χ4n) is 4.05. The number of carbonyl (C=O) groups excluding carboxylic acids is 1. The molecule has 2 unspecified atom stereocenters. The van der Waals surface area contributed by atoms with Gasteiger partial charge < -0.3 is 16.0 Å². The van der Waals surface area contributed by atoms with Gasteiger partial charge in [-0.3, -0.25) is 4.79 Å². The third kappa shape index (κ3) is 3.37. The number of thiazole rings is 1. The Morgan fingerprint density at radius 1 is 1.32 bits per heavy atom. The van der Waals surface area contributed by atoms with Gasteiger partial charge in [-0.2, -0.15) is 0 Å². The number of benzene rings is 1. The highest BCUT2D eigenvalue weighted by Gasteiger charge is 2.37. The lowest BCUT2D eigenvalue weighted by Crippen LogP contribution is -2.51. The Labute approximate surface area is 152 Å². The molecule has 2 aliphatic rings. The van der Waals surface area contributed by atoms with Crippen LogP contribution < -0.4 is 16.0 Å². The molecule has 2 fully saturated rings. The fourth-order valence-corrected chi connectivity index (χ4v) is 5.11. The summed E-state index contributed by atoms with van der Waals surface area (Å²) in [6.07, 6.45) is 6.48. The van der Waals surface area contributed by atoms with E-state index in [9.17, 15) is 4.79 Å². The SMILES string of the molecule is CC1(N)CCCCC1C(=O)Nc1ccc2nc(N3CCCC3)sc2c1. The number of hydrogen-bond donors (Lipinski definition) is 2. The van der Waals surface area contributed by atoms with Crippen LogP contribution in [0.1, 0.15) is 45.4 Å². The first-order valence-electron chi connectivity index (χ1n) is 9.28. The zero-order chi connectivity index (χ0) is 17.4. The van der Waals surface area contributed by atoms with Gasteiger partial charge in [-0.25, -0.2) is 4.98 Å². The summed E-state index contributed by atoms with van der Waals surface area (Å²) < 4.78 is 1.12. The van der Waals surface area contributed by atoms with E-state index in [0.717, 1.165) is 59.8 Å². The van der Waals surface area contributed by atoms with E-state index >= 15 is 0 Å². The summed E-state index contributed by atoms with van der Waals surface area (Å²) in [6, 6.07) is 6.00. The van der Waals surface area contributed by atoms with Crippen molar-refractivity contribution in [3.63, 3.8) is 0 Å². The standard InChI is InChI=1S/C19H26N4OS/c1-19(20)9-3-2-6-14(19)17(24)21-13-7-8-15-16(12-13)25-18(22-15)23-10-4-5-11-23/h7-8,12,14H,2-6,9-11,20H2,1H3,(H,21,24). The molecular weight excluding hydrogens is 332 g/mol. The molecular formula is C19H26N4OS. The largest absolute Gasteiger partial charge is 0.348 e. The second-order valence-corrected chi connectivity index (χ2v) is 8.68. The van der Waals surface area contributed by atoms with Gasteiger partial charge in [0.15, 0.2) is 5.13 Å². The van der Waals surface area contributed by atoms with Crippen LogP contribution >= 0.6 is 11.3 Å². The normalized spacial score (nSPS) is 27.0. The second-order valence-electron chi connectivity index (χ2n) is 7.67. The number of amides is 1. The van der Waals surface area contributed by atoms with Crippen LogP contribution in [0.4, 0.5) is 10.8 Å². The van der Waals surface area contributed by atoms with Crippen LogP contribution in [0.15, 0.2) is 18.2 Å². The lowest BCUT2D eigenvalue weighted by atomic mass is 9.74. The van der Waals surface area contributed by atoms with Crippen molar-refractivity contribution in [2.24, 2.45) is 11.7 Å². The molecule has 6 heteroatoms. The van der Waals surface area contributed by atoms with Crippen molar-refractivity contribution < 1.29 is 4.79 Å². The molecule has 134 valence electrons. The van der Waals surface area contributed by atoms with Gasteiger partial charge in [0.05, 0.1) is 16.1 Å². The highest BCUT2D eigenvalue weighted by molar-refractivity contribution is 7.22. The number of carbonyl (C=O) groups is 1. The van der Waals surface area contributed by atoms with Gasteiger partial charge in [0.1, 0.15) is 0 Å². The predicted molar refractivity (Wildman–Crippen MR) is 104 cm³/mol. The van der Waals surface area contributed by atoms with E-state index in [0.29, 0.717) is 0 Å². The zero-order valence-corrected chi connectivity index (χ0v) is 15.6. The maximum absolute atomic E-state index is 12.7. The Morgan fingerprint density at radius 3 is 2.88 bits per heavy atom. The third-order valence-electron chi connectivity index (χ3n) is 5.59. The van der Waals surface area contributed by atoms with Crippen LogP contribution in [0.5, 0.6) is 0 Å². The molecule has 2 atom stereocenters. The van der Waals surface area contributed by atoms with Crippen molar-refractivity contribution in [1.29, 1.82) is 0 Å². The number of rotatable bonds is 3. The quantitative estimate of drug-likeness (QED) is 0.877. The molecule has 1 amide bonds. The van der Waals surface area contributed by atoms with E-state index in [2.05, 4.69) is 10.2 Å². The summed E-state index contributed by atoms with van der Waals surface area (Å²) >= 11 is 1.71. The average Bonchev–Trinajstić information content (AvgIpc) is 3.23. The third-order valence-corrected chi connectivity index (χ3v) is 6.67. The number of nitrogens with one attached hydrogen (secondary N) is 1. The molecule has 1 aromatic carbocycles. The zero-order valence-electron chi connectivity index (χ0n) is 14.8. The van der Waals surface area contributed by atoms with Gasteiger partial charge >= 0.3 is 0 Å². The molecule has 1 aromatic heterocycles. The Morgan fingerprint density at radius 2 is 2.12 bits per heavy atom. The molecule has 0 radical (unpaired) electrons. The first kappa shape index (κ1) is 16.8. The minimum atomic E-state index is -0.403. The molecule has 4 rings (SSSR count). The van der Waals surface area contributed by atoms with Crippen LogP contribution in [0.25, 0.3) is 10.2 Å². The van der Waals surface area contributed by atoms with Crippen molar-refractivity contribution in [3.05, 3.63) is 18.2 Å².